The molecular weight excluding hydrogens is 240 g/mol. The predicted octanol–water partition coefficient (Wildman–Crippen LogP) is 3.20. The quantitative estimate of drug-likeness (QED) is 0.755. The van der Waals surface area contributed by atoms with Gasteiger partial charge in [0, 0.05) is 0 Å². The number of Topliss-reactive ketones (excluding diaryl/α,β-unsaturated/α-hetero) is 1. The van der Waals surface area contributed by atoms with Gasteiger partial charge in [0.15, 0.2) is 5.78 Å². The molecule has 0 N–H and O–H groups in total. The third-order valence-electron chi connectivity index (χ3n) is 2.39. The summed E-state index contributed by atoms with van der Waals surface area (Å²) in [7, 11) is 0. The number of ketones is 1. The van der Waals surface area contributed by atoms with E-state index < -0.39 is 0 Å². The molecule has 0 fully saturated rings. The van der Waals surface area contributed by atoms with Crippen LogP contribution in [0.5, 0.6) is 5.75 Å². The third-order valence-corrected chi connectivity index (χ3v) is 4.63. The van der Waals surface area contributed by atoms with Crippen LogP contribution in [-0.4, -0.2) is 24.9 Å². The second kappa shape index (κ2) is 4.97. The lowest BCUT2D eigenvalue weighted by atomic mass is 10.0. The molecule has 1 aromatic carbocycles. The molecule has 1 aromatic rings. The first-order chi connectivity index (χ1) is 7.77. The second-order valence-electron chi connectivity index (χ2n) is 3.29. The van der Waals surface area contributed by atoms with Gasteiger partial charge in [-0.15, -0.1) is 23.5 Å². The fraction of sp³-hybridized carbons (Fsp3) is 0.250. The number of ether oxygens (including phenoxy) is 1. The molecule has 0 spiro atoms. The normalized spacial score (nSPS) is 14.4. The van der Waals surface area contributed by atoms with E-state index in [1.807, 2.05) is 36.8 Å². The van der Waals surface area contributed by atoms with Crippen LogP contribution in [0.1, 0.15) is 10.4 Å². The minimum Gasteiger partial charge on any atom is -0.488 e. The Balaban J connectivity index is 2.46. The molecule has 1 aliphatic rings. The molecule has 0 radical (unpaired) electrons. The van der Waals surface area contributed by atoms with Crippen LogP contribution >= 0.6 is 23.5 Å². The van der Waals surface area contributed by atoms with Crippen molar-refractivity contribution in [2.75, 3.05) is 19.1 Å². The van der Waals surface area contributed by atoms with E-state index in [4.69, 9.17) is 4.74 Å². The van der Waals surface area contributed by atoms with E-state index in [0.717, 1.165) is 9.81 Å². The highest BCUT2D eigenvalue weighted by Crippen LogP contribution is 2.34. The molecule has 84 valence electrons. The molecule has 2 rings (SSSR count). The van der Waals surface area contributed by atoms with Gasteiger partial charge in [-0.3, -0.25) is 4.79 Å². The SMILES string of the molecule is CSC(SC)=C1COc2ccccc2C1=O. The highest BCUT2D eigenvalue weighted by Gasteiger charge is 2.25. The van der Waals surface area contributed by atoms with Crippen molar-refractivity contribution in [2.24, 2.45) is 0 Å². The van der Waals surface area contributed by atoms with Crippen LogP contribution in [0.4, 0.5) is 0 Å². The van der Waals surface area contributed by atoms with E-state index in [-0.39, 0.29) is 5.78 Å². The van der Waals surface area contributed by atoms with E-state index in [1.54, 1.807) is 23.5 Å². The van der Waals surface area contributed by atoms with E-state index in [1.165, 1.54) is 0 Å². The number of hydrogen-bond donors (Lipinski definition) is 0. The summed E-state index contributed by atoms with van der Waals surface area (Å²) in [5.41, 5.74) is 1.45. The van der Waals surface area contributed by atoms with Crippen LogP contribution in [-0.2, 0) is 0 Å². The van der Waals surface area contributed by atoms with Gasteiger partial charge in [-0.05, 0) is 24.6 Å². The van der Waals surface area contributed by atoms with Crippen molar-refractivity contribution < 1.29 is 9.53 Å². The maximum absolute atomic E-state index is 12.2. The number of para-hydroxylation sites is 1. The third kappa shape index (κ3) is 1.99. The Labute approximate surface area is 103 Å². The lowest BCUT2D eigenvalue weighted by Crippen LogP contribution is -2.19. The van der Waals surface area contributed by atoms with E-state index >= 15 is 0 Å². The lowest BCUT2D eigenvalue weighted by molar-refractivity contribution is 0.0999. The van der Waals surface area contributed by atoms with E-state index in [2.05, 4.69) is 0 Å². The van der Waals surface area contributed by atoms with Gasteiger partial charge >= 0.3 is 0 Å². The number of carbonyl (C=O) groups is 1. The summed E-state index contributed by atoms with van der Waals surface area (Å²) in [6.45, 7) is 0.382. The van der Waals surface area contributed by atoms with Gasteiger partial charge in [-0.25, -0.2) is 0 Å². The van der Waals surface area contributed by atoms with Crippen LogP contribution in [0.2, 0.25) is 0 Å². The van der Waals surface area contributed by atoms with Crippen LogP contribution in [0.25, 0.3) is 0 Å². The minimum atomic E-state index is 0.0977. The Bertz CT molecular complexity index is 446. The van der Waals surface area contributed by atoms with Crippen LogP contribution in [0.3, 0.4) is 0 Å². The predicted molar refractivity (Wildman–Crippen MR) is 70.3 cm³/mol. The standard InChI is InChI=1S/C12H12O2S2/c1-15-12(16-2)9-7-14-10-6-4-3-5-8(10)11(9)13/h3-6H,7H2,1-2H3. The van der Waals surface area contributed by atoms with Gasteiger partial charge in [-0.1, -0.05) is 12.1 Å². The first-order valence-corrected chi connectivity index (χ1v) is 7.30. The second-order valence-corrected chi connectivity index (χ2v) is 5.18. The maximum Gasteiger partial charge on any atom is 0.197 e. The van der Waals surface area contributed by atoms with Crippen molar-refractivity contribution in [3.8, 4) is 5.75 Å². The zero-order valence-electron chi connectivity index (χ0n) is 9.15. The van der Waals surface area contributed by atoms with Crippen molar-refractivity contribution in [3.63, 3.8) is 0 Å². The first-order valence-electron chi connectivity index (χ1n) is 4.85. The molecule has 1 heterocycles. The molecule has 0 bridgehead atoms. The lowest BCUT2D eigenvalue weighted by Gasteiger charge is -2.20. The Morgan fingerprint density at radius 3 is 2.62 bits per heavy atom. The summed E-state index contributed by atoms with van der Waals surface area (Å²) in [6.07, 6.45) is 3.96. The van der Waals surface area contributed by atoms with Crippen molar-refractivity contribution in [3.05, 3.63) is 39.6 Å². The van der Waals surface area contributed by atoms with Gasteiger partial charge in [0.1, 0.15) is 12.4 Å². The Morgan fingerprint density at radius 1 is 1.25 bits per heavy atom. The van der Waals surface area contributed by atoms with Crippen LogP contribution < -0.4 is 4.74 Å². The number of carbonyl (C=O) groups excluding carboxylic acids is 1. The first kappa shape index (κ1) is 11.6. The molecule has 0 unspecified atom stereocenters. The van der Waals surface area contributed by atoms with Crippen molar-refractivity contribution in [2.45, 2.75) is 0 Å². The molecule has 2 nitrogen and oxygen atoms in total. The van der Waals surface area contributed by atoms with Crippen molar-refractivity contribution >= 4 is 29.3 Å². The molecule has 1 aliphatic heterocycles. The van der Waals surface area contributed by atoms with Gasteiger partial charge < -0.3 is 4.74 Å². The highest BCUT2D eigenvalue weighted by molar-refractivity contribution is 8.21. The fourth-order valence-electron chi connectivity index (χ4n) is 1.64. The summed E-state index contributed by atoms with van der Waals surface area (Å²) in [6, 6.07) is 7.39. The van der Waals surface area contributed by atoms with E-state index in [9.17, 15) is 4.79 Å². The number of benzene rings is 1. The van der Waals surface area contributed by atoms with E-state index in [0.29, 0.717) is 17.9 Å². The molecule has 0 atom stereocenters. The Morgan fingerprint density at radius 2 is 1.94 bits per heavy atom. The largest absolute Gasteiger partial charge is 0.488 e. The van der Waals surface area contributed by atoms with Crippen molar-refractivity contribution in [1.82, 2.24) is 0 Å². The molecule has 0 amide bonds. The summed E-state index contributed by atoms with van der Waals surface area (Å²) in [5.74, 6) is 0.790. The number of fused-ring (bicyclic) bond motifs is 1. The van der Waals surface area contributed by atoms with Crippen LogP contribution in [0, 0.1) is 0 Å². The monoisotopic (exact) mass is 252 g/mol. The molecule has 0 aromatic heterocycles. The minimum absolute atomic E-state index is 0.0977. The number of rotatable bonds is 2. The fourth-order valence-corrected chi connectivity index (χ4v) is 3.10. The summed E-state index contributed by atoms with van der Waals surface area (Å²) >= 11 is 3.19. The molecule has 0 saturated carbocycles. The Kier molecular flexibility index (Phi) is 3.61. The summed E-state index contributed by atoms with van der Waals surface area (Å²) in [4.78, 5) is 12.2. The van der Waals surface area contributed by atoms with Crippen LogP contribution in [0.15, 0.2) is 34.1 Å². The number of thioether (sulfide) groups is 2. The van der Waals surface area contributed by atoms with Gasteiger partial charge in [0.2, 0.25) is 0 Å². The van der Waals surface area contributed by atoms with Crippen molar-refractivity contribution in [1.29, 1.82) is 0 Å². The topological polar surface area (TPSA) is 26.3 Å². The molecule has 0 aliphatic carbocycles. The summed E-state index contributed by atoms with van der Waals surface area (Å²) < 4.78 is 6.63. The smallest absolute Gasteiger partial charge is 0.197 e. The molecular formula is C12H12O2S2. The molecule has 4 heteroatoms. The number of hydrogen-bond acceptors (Lipinski definition) is 4. The highest BCUT2D eigenvalue weighted by atomic mass is 32.2. The maximum atomic E-state index is 12.2. The zero-order chi connectivity index (χ0) is 11.5. The molecule has 16 heavy (non-hydrogen) atoms. The summed E-state index contributed by atoms with van der Waals surface area (Å²) in [5, 5.41) is 0. The van der Waals surface area contributed by atoms with Gasteiger partial charge in [0.25, 0.3) is 0 Å². The zero-order valence-corrected chi connectivity index (χ0v) is 10.8. The van der Waals surface area contributed by atoms with Gasteiger partial charge in [0.05, 0.1) is 15.4 Å². The average molecular weight is 252 g/mol. The molecule has 0 saturated heterocycles. The Hall–Kier alpha value is -0.870. The van der Waals surface area contributed by atoms with Gasteiger partial charge in [-0.2, -0.15) is 0 Å². The average Bonchev–Trinajstić information content (AvgIpc) is 2.34.